The average Bonchev–Trinajstić information content (AvgIpc) is 2.15. The number of aliphatic imine (C=N–C) groups is 1. The van der Waals surface area contributed by atoms with Crippen LogP contribution in [-0.4, -0.2) is 19.1 Å². The third-order valence-electron chi connectivity index (χ3n) is 1.47. The molecule has 0 heterocycles. The molecule has 68 valence electrons. The number of ketones is 1. The van der Waals surface area contributed by atoms with Crippen molar-refractivity contribution in [3.05, 3.63) is 24.3 Å². The van der Waals surface area contributed by atoms with E-state index in [-0.39, 0.29) is 5.78 Å². The Balaban J connectivity index is 2.75. The Hall–Kier alpha value is -1.64. The SMILES string of the molecule is COc1ccc(N=CC(C)=O)cc1. The molecule has 0 atom stereocenters. The van der Waals surface area contributed by atoms with Crippen molar-refractivity contribution in [1.29, 1.82) is 0 Å². The van der Waals surface area contributed by atoms with Gasteiger partial charge in [0.2, 0.25) is 0 Å². The Kier molecular flexibility index (Phi) is 3.20. The second-order valence-electron chi connectivity index (χ2n) is 2.57. The quantitative estimate of drug-likeness (QED) is 0.662. The first-order valence-corrected chi connectivity index (χ1v) is 3.91. The number of carbonyl (C=O) groups is 1. The van der Waals surface area contributed by atoms with Crippen molar-refractivity contribution in [3.8, 4) is 5.75 Å². The Morgan fingerprint density at radius 1 is 1.38 bits per heavy atom. The lowest BCUT2D eigenvalue weighted by Gasteiger charge is -1.97. The van der Waals surface area contributed by atoms with E-state index >= 15 is 0 Å². The molecule has 0 radical (unpaired) electrons. The van der Waals surface area contributed by atoms with Gasteiger partial charge in [-0.1, -0.05) is 0 Å². The number of nitrogens with zero attached hydrogens (tertiary/aromatic N) is 1. The van der Waals surface area contributed by atoms with E-state index in [4.69, 9.17) is 4.74 Å². The molecule has 0 unspecified atom stereocenters. The van der Waals surface area contributed by atoms with Crippen molar-refractivity contribution in [2.24, 2.45) is 4.99 Å². The van der Waals surface area contributed by atoms with Crippen LogP contribution < -0.4 is 4.74 Å². The number of methoxy groups -OCH3 is 1. The van der Waals surface area contributed by atoms with Gasteiger partial charge in [-0.3, -0.25) is 9.79 Å². The van der Waals surface area contributed by atoms with Crippen LogP contribution >= 0.6 is 0 Å². The summed E-state index contributed by atoms with van der Waals surface area (Å²) in [5.41, 5.74) is 0.746. The second-order valence-corrected chi connectivity index (χ2v) is 2.57. The van der Waals surface area contributed by atoms with Crippen molar-refractivity contribution in [2.75, 3.05) is 7.11 Å². The maximum absolute atomic E-state index is 10.6. The zero-order chi connectivity index (χ0) is 9.68. The zero-order valence-corrected chi connectivity index (χ0v) is 7.65. The van der Waals surface area contributed by atoms with E-state index in [1.54, 1.807) is 31.4 Å². The van der Waals surface area contributed by atoms with Crippen LogP contribution in [0, 0.1) is 0 Å². The van der Waals surface area contributed by atoms with Gasteiger partial charge in [0.1, 0.15) is 5.75 Å². The van der Waals surface area contributed by atoms with Gasteiger partial charge in [0.25, 0.3) is 0 Å². The summed E-state index contributed by atoms with van der Waals surface area (Å²) in [7, 11) is 1.61. The molecule has 0 saturated heterocycles. The molecule has 0 bridgehead atoms. The number of rotatable bonds is 3. The van der Waals surface area contributed by atoms with Crippen LogP contribution in [0.15, 0.2) is 29.3 Å². The van der Waals surface area contributed by atoms with Gasteiger partial charge in [-0.25, -0.2) is 0 Å². The van der Waals surface area contributed by atoms with Crippen LogP contribution in [0.25, 0.3) is 0 Å². The molecule has 13 heavy (non-hydrogen) atoms. The van der Waals surface area contributed by atoms with Gasteiger partial charge in [-0.2, -0.15) is 0 Å². The maximum Gasteiger partial charge on any atom is 0.170 e. The standard InChI is InChI=1S/C10H11NO2/c1-8(12)7-11-9-3-5-10(13-2)6-4-9/h3-7H,1-2H3. The summed E-state index contributed by atoms with van der Waals surface area (Å²) in [6, 6.07) is 7.18. The van der Waals surface area contributed by atoms with E-state index in [0.29, 0.717) is 0 Å². The first kappa shape index (κ1) is 9.45. The van der Waals surface area contributed by atoms with Crippen LogP contribution in [0.2, 0.25) is 0 Å². The van der Waals surface area contributed by atoms with Crippen LogP contribution in [-0.2, 0) is 4.79 Å². The summed E-state index contributed by atoms with van der Waals surface area (Å²) >= 11 is 0. The van der Waals surface area contributed by atoms with E-state index in [2.05, 4.69) is 4.99 Å². The van der Waals surface area contributed by atoms with Gasteiger partial charge < -0.3 is 4.74 Å². The molecule has 1 rings (SSSR count). The van der Waals surface area contributed by atoms with Gasteiger partial charge in [-0.05, 0) is 24.3 Å². The molecule has 0 saturated carbocycles. The van der Waals surface area contributed by atoms with Crippen molar-refractivity contribution < 1.29 is 9.53 Å². The second kappa shape index (κ2) is 4.40. The first-order valence-electron chi connectivity index (χ1n) is 3.91. The number of benzene rings is 1. The van der Waals surface area contributed by atoms with Gasteiger partial charge in [0, 0.05) is 6.92 Å². The van der Waals surface area contributed by atoms with E-state index < -0.39 is 0 Å². The predicted molar refractivity (Wildman–Crippen MR) is 51.8 cm³/mol. The fourth-order valence-electron chi connectivity index (χ4n) is 0.834. The Labute approximate surface area is 77.1 Å². The highest BCUT2D eigenvalue weighted by Crippen LogP contribution is 2.16. The lowest BCUT2D eigenvalue weighted by atomic mass is 10.3. The molecular weight excluding hydrogens is 166 g/mol. The fourth-order valence-corrected chi connectivity index (χ4v) is 0.834. The molecule has 0 aliphatic rings. The van der Waals surface area contributed by atoms with Crippen LogP contribution in [0.5, 0.6) is 5.75 Å². The van der Waals surface area contributed by atoms with Crippen LogP contribution in [0.3, 0.4) is 0 Å². The highest BCUT2D eigenvalue weighted by atomic mass is 16.5. The lowest BCUT2D eigenvalue weighted by molar-refractivity contribution is -0.110. The summed E-state index contributed by atoms with van der Waals surface area (Å²) in [6.07, 6.45) is 1.29. The molecule has 3 heteroatoms. The topological polar surface area (TPSA) is 38.7 Å². The van der Waals surface area contributed by atoms with Crippen molar-refractivity contribution in [3.63, 3.8) is 0 Å². The Bertz CT molecular complexity index is 314. The average molecular weight is 177 g/mol. The number of Topliss-reactive ketones (excluding diaryl/α,β-unsaturated/α-hetero) is 1. The molecule has 0 aromatic heterocycles. The van der Waals surface area contributed by atoms with Gasteiger partial charge in [0.05, 0.1) is 19.0 Å². The number of hydrogen-bond donors (Lipinski definition) is 0. The summed E-state index contributed by atoms with van der Waals surface area (Å²) < 4.78 is 4.98. The summed E-state index contributed by atoms with van der Waals surface area (Å²) in [4.78, 5) is 14.5. The van der Waals surface area contributed by atoms with Gasteiger partial charge >= 0.3 is 0 Å². The molecular formula is C10H11NO2. The molecule has 0 fully saturated rings. The fraction of sp³-hybridized carbons (Fsp3) is 0.200. The highest BCUT2D eigenvalue weighted by Gasteiger charge is 1.91. The minimum absolute atomic E-state index is 0.0594. The normalized spacial score (nSPS) is 10.3. The minimum Gasteiger partial charge on any atom is -0.497 e. The molecule has 0 amide bonds. The highest BCUT2D eigenvalue weighted by molar-refractivity contribution is 6.26. The van der Waals surface area contributed by atoms with Gasteiger partial charge in [0.15, 0.2) is 5.78 Å². The van der Waals surface area contributed by atoms with E-state index in [9.17, 15) is 4.79 Å². The summed E-state index contributed by atoms with van der Waals surface area (Å²) in [5.74, 6) is 0.720. The zero-order valence-electron chi connectivity index (χ0n) is 7.65. The third kappa shape index (κ3) is 3.07. The van der Waals surface area contributed by atoms with Crippen molar-refractivity contribution in [1.82, 2.24) is 0 Å². The molecule has 0 N–H and O–H groups in total. The lowest BCUT2D eigenvalue weighted by Crippen LogP contribution is -1.88. The summed E-state index contributed by atoms with van der Waals surface area (Å²) in [5, 5.41) is 0. The Morgan fingerprint density at radius 3 is 2.46 bits per heavy atom. The van der Waals surface area contributed by atoms with Crippen molar-refractivity contribution in [2.45, 2.75) is 6.92 Å². The van der Waals surface area contributed by atoms with Gasteiger partial charge in [-0.15, -0.1) is 0 Å². The van der Waals surface area contributed by atoms with E-state index in [0.717, 1.165) is 11.4 Å². The third-order valence-corrected chi connectivity index (χ3v) is 1.47. The van der Waals surface area contributed by atoms with E-state index in [1.165, 1.54) is 13.1 Å². The summed E-state index contributed by atoms with van der Waals surface area (Å²) in [6.45, 7) is 1.47. The molecule has 0 aliphatic carbocycles. The first-order chi connectivity index (χ1) is 6.22. The predicted octanol–water partition coefficient (Wildman–Crippen LogP) is 1.99. The monoisotopic (exact) mass is 177 g/mol. The number of hydrogen-bond acceptors (Lipinski definition) is 3. The molecule has 1 aromatic carbocycles. The van der Waals surface area contributed by atoms with Crippen molar-refractivity contribution >= 4 is 17.7 Å². The van der Waals surface area contributed by atoms with E-state index in [1.807, 2.05) is 0 Å². The number of carbonyl (C=O) groups excluding carboxylic acids is 1. The molecule has 0 spiro atoms. The van der Waals surface area contributed by atoms with Crippen LogP contribution in [0.1, 0.15) is 6.92 Å². The number of ether oxygens (including phenoxy) is 1. The largest absolute Gasteiger partial charge is 0.497 e. The molecule has 3 nitrogen and oxygen atoms in total. The Morgan fingerprint density at radius 2 is 2.00 bits per heavy atom. The molecule has 1 aromatic rings. The maximum atomic E-state index is 10.6. The molecule has 0 aliphatic heterocycles. The smallest absolute Gasteiger partial charge is 0.170 e. The van der Waals surface area contributed by atoms with Crippen LogP contribution in [0.4, 0.5) is 5.69 Å². The minimum atomic E-state index is -0.0594.